The van der Waals surface area contributed by atoms with E-state index in [1.54, 1.807) is 49.3 Å². The van der Waals surface area contributed by atoms with Gasteiger partial charge in [0.15, 0.2) is 11.4 Å². The van der Waals surface area contributed by atoms with E-state index in [9.17, 15) is 44.4 Å². The average molecular weight is 749 g/mol. The number of ketones is 2. The van der Waals surface area contributed by atoms with Crippen LogP contribution in [0, 0.1) is 17.3 Å². The number of carbonyl (C=O) groups is 5. The monoisotopic (exact) mass is 748 g/mol. The van der Waals surface area contributed by atoms with Crippen LogP contribution in [-0.4, -0.2) is 113 Å². The highest BCUT2D eigenvalue weighted by atomic mass is 16.7. The largest absolute Gasteiger partial charge is 0.508 e. The van der Waals surface area contributed by atoms with Crippen molar-refractivity contribution in [3.63, 3.8) is 0 Å². The summed E-state index contributed by atoms with van der Waals surface area (Å²) in [5.74, 6) is -8.10. The number of hydrogen-bond donors (Lipinski definition) is 5. The predicted molar refractivity (Wildman–Crippen MR) is 196 cm³/mol. The van der Waals surface area contributed by atoms with Crippen molar-refractivity contribution in [2.75, 3.05) is 46.4 Å². The van der Waals surface area contributed by atoms with Gasteiger partial charge in [0.2, 0.25) is 12.6 Å². The molecule has 0 aliphatic heterocycles. The Hall–Kier alpha value is -5.41. The van der Waals surface area contributed by atoms with Crippen molar-refractivity contribution in [3.8, 4) is 5.75 Å². The van der Waals surface area contributed by atoms with E-state index in [1.165, 1.54) is 23.9 Å². The molecule has 15 nitrogen and oxygen atoms in total. The summed E-state index contributed by atoms with van der Waals surface area (Å²) in [6.07, 6.45) is -0.813. The third-order valence-corrected chi connectivity index (χ3v) is 10.1. The van der Waals surface area contributed by atoms with E-state index < -0.39 is 88.1 Å². The summed E-state index contributed by atoms with van der Waals surface area (Å²) >= 11 is 0. The Labute approximate surface area is 313 Å². The molecule has 5 rings (SSSR count). The molecule has 1 saturated carbocycles. The number of likely N-dealkylation sites (N-methyl/N-ethyl adjacent to an activating group) is 1. The minimum Gasteiger partial charge on any atom is -0.508 e. The minimum atomic E-state index is -2.78. The molecule has 0 radical (unpaired) electrons. The maximum Gasteiger partial charge on any atom is 0.412 e. The van der Waals surface area contributed by atoms with Crippen LogP contribution in [0.5, 0.6) is 5.75 Å². The van der Waals surface area contributed by atoms with E-state index in [-0.39, 0.29) is 49.1 Å². The zero-order chi connectivity index (χ0) is 40.0. The van der Waals surface area contributed by atoms with E-state index in [0.717, 1.165) is 5.56 Å². The van der Waals surface area contributed by atoms with Gasteiger partial charge in [-0.3, -0.25) is 24.1 Å². The molecule has 4 atom stereocenters. The number of primary amides is 1. The molecule has 0 aromatic heterocycles. The number of fused-ring (bicyclic) bond motifs is 3. The maximum atomic E-state index is 14.3. The fraction of sp³-hybridized carbons (Fsp3) is 0.462. The Morgan fingerprint density at radius 3 is 2.22 bits per heavy atom. The van der Waals surface area contributed by atoms with Gasteiger partial charge in [-0.1, -0.05) is 51.1 Å². The lowest BCUT2D eigenvalue weighted by atomic mass is 9.57. The number of esters is 1. The van der Waals surface area contributed by atoms with Crippen molar-refractivity contribution in [2.45, 2.75) is 58.2 Å². The second kappa shape index (κ2) is 14.8. The molecular weight excluding hydrogens is 700 g/mol. The maximum absolute atomic E-state index is 14.3. The molecule has 0 saturated heterocycles. The lowest BCUT2D eigenvalue weighted by Crippen LogP contribution is -2.65. The van der Waals surface area contributed by atoms with Crippen molar-refractivity contribution < 1.29 is 53.9 Å². The van der Waals surface area contributed by atoms with E-state index in [0.29, 0.717) is 11.3 Å². The van der Waals surface area contributed by atoms with Gasteiger partial charge in [0.05, 0.1) is 24.6 Å². The standard InChI is InChI=1S/C39H48N4O11/c1-38(2,3)18-43(37(51)54-19-53-26(44)13-20-11-9-8-10-12-20)17-22-16-25(41(4)5)23-14-21-15-24-30(42(6)7)33(47)29(36(40)50)35(49)39(24,52)34(48)27(21)32(46)28(23)31(22)45/h8-12,16,21,24,30,45-46,49,52H,13-15,17-19H2,1-7H3,(H2,40,50). The van der Waals surface area contributed by atoms with Gasteiger partial charge in [-0.2, -0.15) is 0 Å². The molecule has 1 fully saturated rings. The molecule has 2 aromatic carbocycles. The van der Waals surface area contributed by atoms with Crippen LogP contribution < -0.4 is 10.6 Å². The molecule has 4 unspecified atom stereocenters. The Balaban J connectivity index is 1.52. The Morgan fingerprint density at radius 1 is 1.00 bits per heavy atom. The molecule has 54 heavy (non-hydrogen) atoms. The number of benzene rings is 2. The first kappa shape index (κ1) is 39.8. The van der Waals surface area contributed by atoms with Crippen molar-refractivity contribution in [1.82, 2.24) is 9.80 Å². The first-order valence-corrected chi connectivity index (χ1v) is 17.5. The van der Waals surface area contributed by atoms with Crippen molar-refractivity contribution in [2.24, 2.45) is 23.0 Å². The number of carbonyl (C=O) groups excluding carboxylic acids is 5. The van der Waals surface area contributed by atoms with Gasteiger partial charge < -0.3 is 45.4 Å². The van der Waals surface area contributed by atoms with Gasteiger partial charge in [-0.25, -0.2) is 4.79 Å². The van der Waals surface area contributed by atoms with Crippen LogP contribution in [0.4, 0.5) is 10.5 Å². The molecule has 3 aliphatic carbocycles. The molecular formula is C39H48N4O11. The molecule has 3 aliphatic rings. The number of aliphatic hydroxyl groups is 3. The summed E-state index contributed by atoms with van der Waals surface area (Å²) in [6.45, 7) is 4.94. The molecule has 6 N–H and O–H groups in total. The number of aliphatic hydroxyl groups excluding tert-OH is 2. The molecule has 0 spiro atoms. The number of rotatable bonds is 10. The average Bonchev–Trinajstić information content (AvgIpc) is 3.06. The van der Waals surface area contributed by atoms with Gasteiger partial charge in [0, 0.05) is 43.4 Å². The number of phenolic OH excluding ortho intramolecular Hbond substituents is 1. The first-order valence-electron chi connectivity index (χ1n) is 17.5. The zero-order valence-corrected chi connectivity index (χ0v) is 31.5. The molecule has 2 aromatic rings. The first-order chi connectivity index (χ1) is 25.2. The van der Waals surface area contributed by atoms with Gasteiger partial charge in [0.1, 0.15) is 22.8 Å². The number of hydrogen-bond acceptors (Lipinski definition) is 13. The Kier molecular flexibility index (Phi) is 10.9. The summed E-state index contributed by atoms with van der Waals surface area (Å²) in [6, 6.07) is 9.38. The van der Waals surface area contributed by atoms with E-state index in [2.05, 4.69) is 0 Å². The van der Waals surface area contributed by atoms with Crippen LogP contribution in [0.3, 0.4) is 0 Å². The number of amides is 2. The second-order valence-corrected chi connectivity index (χ2v) is 15.7. The summed E-state index contributed by atoms with van der Waals surface area (Å²) in [5, 5.41) is 46.8. The van der Waals surface area contributed by atoms with Gasteiger partial charge in [-0.15, -0.1) is 0 Å². The SMILES string of the molecule is CN(C)c1cc(CN(CC(C)(C)C)C(=O)OCOC(=O)Cc2ccccc2)c(O)c2c1CC1CC3C(N(C)C)C(=O)C(C(N)=O)=C(O)C3(O)C(=O)C1=C2O. The smallest absolute Gasteiger partial charge is 0.412 e. The second-order valence-electron chi connectivity index (χ2n) is 15.7. The van der Waals surface area contributed by atoms with Crippen LogP contribution in [0.15, 0.2) is 53.3 Å². The third kappa shape index (κ3) is 7.25. The van der Waals surface area contributed by atoms with Crippen LogP contribution in [-0.2, 0) is 48.0 Å². The quantitative estimate of drug-likeness (QED) is 0.134. The summed E-state index contributed by atoms with van der Waals surface area (Å²) in [7, 11) is 6.57. The van der Waals surface area contributed by atoms with E-state index in [1.807, 2.05) is 26.8 Å². The number of aromatic hydroxyl groups is 1. The van der Waals surface area contributed by atoms with Gasteiger partial charge in [0.25, 0.3) is 5.91 Å². The number of ether oxygens (including phenoxy) is 2. The van der Waals surface area contributed by atoms with Crippen LogP contribution >= 0.6 is 0 Å². The van der Waals surface area contributed by atoms with Crippen molar-refractivity contribution in [3.05, 3.63) is 75.6 Å². The lowest BCUT2D eigenvalue weighted by Gasteiger charge is -2.50. The third-order valence-electron chi connectivity index (χ3n) is 10.1. The molecule has 290 valence electrons. The number of anilines is 1. The van der Waals surface area contributed by atoms with E-state index >= 15 is 0 Å². The zero-order valence-electron chi connectivity index (χ0n) is 31.5. The van der Waals surface area contributed by atoms with E-state index in [4.69, 9.17) is 15.2 Å². The predicted octanol–water partition coefficient (Wildman–Crippen LogP) is 2.76. The highest BCUT2D eigenvalue weighted by molar-refractivity contribution is 6.24. The van der Waals surface area contributed by atoms with Crippen LogP contribution in [0.25, 0.3) is 5.76 Å². The van der Waals surface area contributed by atoms with Crippen LogP contribution in [0.1, 0.15) is 49.4 Å². The molecule has 15 heteroatoms. The van der Waals surface area contributed by atoms with Crippen molar-refractivity contribution in [1.29, 1.82) is 0 Å². The summed E-state index contributed by atoms with van der Waals surface area (Å²) in [5.41, 5.74) is 2.84. The van der Waals surface area contributed by atoms with Gasteiger partial charge >= 0.3 is 12.1 Å². The van der Waals surface area contributed by atoms with Crippen LogP contribution in [0.2, 0.25) is 0 Å². The van der Waals surface area contributed by atoms with Gasteiger partial charge in [-0.05, 0) is 55.5 Å². The fourth-order valence-corrected chi connectivity index (χ4v) is 7.88. The summed E-state index contributed by atoms with van der Waals surface area (Å²) < 4.78 is 10.5. The highest BCUT2D eigenvalue weighted by Crippen LogP contribution is 2.54. The fourth-order valence-electron chi connectivity index (χ4n) is 7.88. The normalized spacial score (nSPS) is 22.4. The topological polar surface area (TPSA) is 220 Å². The number of nitrogens with zero attached hydrogens (tertiary/aromatic N) is 3. The number of nitrogens with two attached hydrogens (primary N) is 1. The Morgan fingerprint density at radius 2 is 1.65 bits per heavy atom. The summed E-state index contributed by atoms with van der Waals surface area (Å²) in [4.78, 5) is 70.4. The highest BCUT2D eigenvalue weighted by Gasteiger charge is 2.64. The molecule has 0 heterocycles. The minimum absolute atomic E-state index is 0.0165. The lowest BCUT2D eigenvalue weighted by molar-refractivity contribution is -0.154. The Bertz CT molecular complexity index is 1950. The van der Waals surface area contributed by atoms with Crippen molar-refractivity contribution >= 4 is 41.0 Å². The molecule has 2 amide bonds. The number of Topliss-reactive ketones (excluding diaryl/α,β-unsaturated/α-hetero) is 2. The number of phenols is 1. The molecule has 0 bridgehead atoms.